The van der Waals surface area contributed by atoms with Crippen molar-refractivity contribution >= 4 is 11.6 Å². The van der Waals surface area contributed by atoms with Crippen molar-refractivity contribution in [2.75, 3.05) is 27.2 Å². The number of carbonyl (C=O) groups excluding carboxylic acids is 1. The number of nitrogens with zero attached hydrogens (tertiary/aromatic N) is 2. The van der Waals surface area contributed by atoms with E-state index in [1.54, 1.807) is 31.1 Å². The van der Waals surface area contributed by atoms with Crippen molar-refractivity contribution in [3.05, 3.63) is 39.4 Å². The Hall–Kier alpha value is -1.95. The molecule has 0 radical (unpaired) electrons. The molecule has 0 spiro atoms. The molecule has 0 aliphatic carbocycles. The van der Waals surface area contributed by atoms with Gasteiger partial charge >= 0.3 is 0 Å². The molecule has 0 fully saturated rings. The average Bonchev–Trinajstić information content (AvgIpc) is 2.42. The fraction of sp³-hybridized carbons (Fsp3) is 0.462. The minimum atomic E-state index is -0.441. The van der Waals surface area contributed by atoms with E-state index in [2.05, 4.69) is 5.32 Å². The molecule has 6 heteroatoms. The second-order valence-corrected chi connectivity index (χ2v) is 4.28. The summed E-state index contributed by atoms with van der Waals surface area (Å²) in [5.41, 5.74) is 0.997. The molecule has 0 bridgehead atoms. The van der Waals surface area contributed by atoms with Crippen molar-refractivity contribution in [2.45, 2.75) is 13.3 Å². The van der Waals surface area contributed by atoms with Crippen molar-refractivity contribution in [3.63, 3.8) is 0 Å². The SMILES string of the molecule is CCc1ccc(C(=O)N(C)CCNC)cc1[N+](=O)[O-]. The lowest BCUT2D eigenvalue weighted by Gasteiger charge is -2.17. The minimum absolute atomic E-state index is 0.00960. The van der Waals surface area contributed by atoms with Gasteiger partial charge in [0.2, 0.25) is 0 Å². The van der Waals surface area contributed by atoms with Crippen molar-refractivity contribution < 1.29 is 9.72 Å². The lowest BCUT2D eigenvalue weighted by molar-refractivity contribution is -0.385. The van der Waals surface area contributed by atoms with E-state index < -0.39 is 4.92 Å². The number of hydrogen-bond acceptors (Lipinski definition) is 4. The van der Waals surface area contributed by atoms with E-state index in [4.69, 9.17) is 0 Å². The highest BCUT2D eigenvalue weighted by molar-refractivity contribution is 5.94. The number of nitro groups is 1. The zero-order valence-corrected chi connectivity index (χ0v) is 11.5. The molecule has 19 heavy (non-hydrogen) atoms. The summed E-state index contributed by atoms with van der Waals surface area (Å²) < 4.78 is 0. The summed E-state index contributed by atoms with van der Waals surface area (Å²) >= 11 is 0. The number of carbonyl (C=O) groups is 1. The van der Waals surface area contributed by atoms with Crippen LogP contribution in [-0.4, -0.2) is 42.9 Å². The third kappa shape index (κ3) is 3.75. The molecule has 0 unspecified atom stereocenters. The number of hydrogen-bond donors (Lipinski definition) is 1. The van der Waals surface area contributed by atoms with Crippen LogP contribution < -0.4 is 5.32 Å². The first kappa shape index (κ1) is 15.1. The molecule has 0 saturated heterocycles. The Morgan fingerprint density at radius 1 is 1.47 bits per heavy atom. The van der Waals surface area contributed by atoms with Gasteiger partial charge in [0.1, 0.15) is 0 Å². The van der Waals surface area contributed by atoms with Crippen LogP contribution in [0.3, 0.4) is 0 Å². The average molecular weight is 265 g/mol. The first-order valence-electron chi connectivity index (χ1n) is 6.18. The molecule has 0 aromatic heterocycles. The van der Waals surface area contributed by atoms with Crippen LogP contribution in [0.2, 0.25) is 0 Å². The molecule has 1 N–H and O–H groups in total. The van der Waals surface area contributed by atoms with Crippen molar-refractivity contribution in [3.8, 4) is 0 Å². The number of rotatable bonds is 6. The van der Waals surface area contributed by atoms with Gasteiger partial charge in [-0.15, -0.1) is 0 Å². The van der Waals surface area contributed by atoms with E-state index in [1.165, 1.54) is 6.07 Å². The molecule has 6 nitrogen and oxygen atoms in total. The predicted octanol–water partition coefficient (Wildman–Crippen LogP) is 1.45. The van der Waals surface area contributed by atoms with Crippen LogP contribution in [0.15, 0.2) is 18.2 Å². The Bertz CT molecular complexity index is 474. The fourth-order valence-corrected chi connectivity index (χ4v) is 1.77. The number of benzene rings is 1. The van der Waals surface area contributed by atoms with E-state index >= 15 is 0 Å². The Morgan fingerprint density at radius 3 is 2.68 bits per heavy atom. The highest BCUT2D eigenvalue weighted by Crippen LogP contribution is 2.21. The van der Waals surface area contributed by atoms with E-state index in [1.807, 2.05) is 6.92 Å². The first-order chi connectivity index (χ1) is 9.01. The van der Waals surface area contributed by atoms with Gasteiger partial charge in [-0.1, -0.05) is 13.0 Å². The van der Waals surface area contributed by atoms with Gasteiger partial charge in [-0.2, -0.15) is 0 Å². The van der Waals surface area contributed by atoms with Gasteiger partial charge in [0.25, 0.3) is 11.6 Å². The number of amides is 1. The quantitative estimate of drug-likeness (QED) is 0.624. The van der Waals surface area contributed by atoms with Crippen LogP contribution >= 0.6 is 0 Å². The summed E-state index contributed by atoms with van der Waals surface area (Å²) in [6.07, 6.45) is 0.570. The summed E-state index contributed by atoms with van der Waals surface area (Å²) in [6.45, 7) is 3.08. The summed E-state index contributed by atoms with van der Waals surface area (Å²) in [5, 5.41) is 13.9. The maximum absolute atomic E-state index is 12.1. The first-order valence-corrected chi connectivity index (χ1v) is 6.18. The minimum Gasteiger partial charge on any atom is -0.340 e. The van der Waals surface area contributed by atoms with E-state index in [-0.39, 0.29) is 11.6 Å². The van der Waals surface area contributed by atoms with Gasteiger partial charge in [0.05, 0.1) is 4.92 Å². The van der Waals surface area contributed by atoms with E-state index in [9.17, 15) is 14.9 Å². The zero-order chi connectivity index (χ0) is 14.4. The number of likely N-dealkylation sites (N-methyl/N-ethyl adjacent to an activating group) is 2. The van der Waals surface area contributed by atoms with E-state index in [0.717, 1.165) is 0 Å². The van der Waals surface area contributed by atoms with E-state index in [0.29, 0.717) is 30.6 Å². The van der Waals surface area contributed by atoms with Gasteiger partial charge in [0.15, 0.2) is 0 Å². The normalized spacial score (nSPS) is 10.3. The monoisotopic (exact) mass is 265 g/mol. The molecule has 0 heterocycles. The molecular weight excluding hydrogens is 246 g/mol. The number of nitrogens with one attached hydrogen (secondary N) is 1. The van der Waals surface area contributed by atoms with Crippen molar-refractivity contribution in [1.29, 1.82) is 0 Å². The maximum Gasteiger partial charge on any atom is 0.273 e. The Balaban J connectivity index is 2.98. The molecule has 1 amide bonds. The molecule has 1 aromatic carbocycles. The van der Waals surface area contributed by atoms with Crippen LogP contribution in [0.5, 0.6) is 0 Å². The molecule has 104 valence electrons. The van der Waals surface area contributed by atoms with Crippen LogP contribution in [0.25, 0.3) is 0 Å². The second-order valence-electron chi connectivity index (χ2n) is 4.28. The van der Waals surface area contributed by atoms with Crippen molar-refractivity contribution in [2.24, 2.45) is 0 Å². The van der Waals surface area contributed by atoms with Gasteiger partial charge in [-0.05, 0) is 19.5 Å². The van der Waals surface area contributed by atoms with Gasteiger partial charge in [-0.25, -0.2) is 0 Å². The van der Waals surface area contributed by atoms with Gasteiger partial charge < -0.3 is 10.2 Å². The third-order valence-corrected chi connectivity index (χ3v) is 2.95. The smallest absolute Gasteiger partial charge is 0.273 e. The molecule has 0 saturated carbocycles. The summed E-state index contributed by atoms with van der Waals surface area (Å²) in [5.74, 6) is -0.207. The summed E-state index contributed by atoms with van der Waals surface area (Å²) in [6, 6.07) is 4.65. The van der Waals surface area contributed by atoms with Crippen LogP contribution in [-0.2, 0) is 6.42 Å². The van der Waals surface area contributed by atoms with Gasteiger partial charge in [-0.3, -0.25) is 14.9 Å². The summed E-state index contributed by atoms with van der Waals surface area (Å²) in [4.78, 5) is 24.2. The Morgan fingerprint density at radius 2 is 2.16 bits per heavy atom. The number of aryl methyl sites for hydroxylation is 1. The molecule has 0 aliphatic heterocycles. The predicted molar refractivity (Wildman–Crippen MR) is 73.4 cm³/mol. The zero-order valence-electron chi connectivity index (χ0n) is 11.5. The molecule has 0 atom stereocenters. The third-order valence-electron chi connectivity index (χ3n) is 2.95. The topological polar surface area (TPSA) is 75.5 Å². The molecule has 0 aliphatic rings. The number of nitro benzene ring substituents is 1. The molecular formula is C13H19N3O3. The fourth-order valence-electron chi connectivity index (χ4n) is 1.77. The largest absolute Gasteiger partial charge is 0.340 e. The van der Waals surface area contributed by atoms with Gasteiger partial charge in [0, 0.05) is 37.3 Å². The van der Waals surface area contributed by atoms with Crippen LogP contribution in [0.4, 0.5) is 5.69 Å². The van der Waals surface area contributed by atoms with Crippen LogP contribution in [0.1, 0.15) is 22.8 Å². The Labute approximate surface area is 112 Å². The highest BCUT2D eigenvalue weighted by Gasteiger charge is 2.18. The second kappa shape index (κ2) is 6.84. The summed E-state index contributed by atoms with van der Waals surface area (Å²) in [7, 11) is 3.48. The highest BCUT2D eigenvalue weighted by atomic mass is 16.6. The maximum atomic E-state index is 12.1. The van der Waals surface area contributed by atoms with Crippen LogP contribution in [0, 0.1) is 10.1 Å². The Kier molecular flexibility index (Phi) is 5.44. The van der Waals surface area contributed by atoms with Crippen molar-refractivity contribution in [1.82, 2.24) is 10.2 Å². The lowest BCUT2D eigenvalue weighted by atomic mass is 10.1. The molecule has 1 aromatic rings. The molecule has 1 rings (SSSR count). The lowest BCUT2D eigenvalue weighted by Crippen LogP contribution is -2.32. The standard InChI is InChI=1S/C13H19N3O3/c1-4-10-5-6-11(9-12(10)16(18)19)13(17)15(3)8-7-14-2/h5-6,9,14H,4,7-8H2,1-3H3.